The maximum absolute atomic E-state index is 5.78. The minimum atomic E-state index is 0.374. The van der Waals surface area contributed by atoms with Crippen molar-refractivity contribution in [2.24, 2.45) is 0 Å². The zero-order valence-electron chi connectivity index (χ0n) is 13.4. The van der Waals surface area contributed by atoms with Gasteiger partial charge in [0.15, 0.2) is 0 Å². The Labute approximate surface area is 129 Å². The standard InChI is InChI=1S/C18H29NO2/c1-3-19-17(12-7-9-15-10-8-14-21-15)16-11-5-6-13-18(16)20-4-2/h5-6,11,13,15,17,19H,3-4,7-10,12,14H2,1-2H3. The predicted molar refractivity (Wildman–Crippen MR) is 86.9 cm³/mol. The Hall–Kier alpha value is -1.06. The van der Waals surface area contributed by atoms with Gasteiger partial charge in [-0.25, -0.2) is 0 Å². The van der Waals surface area contributed by atoms with Crippen molar-refractivity contribution in [2.75, 3.05) is 19.8 Å². The van der Waals surface area contributed by atoms with E-state index < -0.39 is 0 Å². The van der Waals surface area contributed by atoms with Gasteiger partial charge in [-0.15, -0.1) is 0 Å². The Kier molecular flexibility index (Phi) is 7.04. The van der Waals surface area contributed by atoms with Gasteiger partial charge < -0.3 is 14.8 Å². The number of hydrogen-bond donors (Lipinski definition) is 1. The molecule has 21 heavy (non-hydrogen) atoms. The Morgan fingerprint density at radius 3 is 2.90 bits per heavy atom. The van der Waals surface area contributed by atoms with E-state index in [9.17, 15) is 0 Å². The third-order valence-electron chi connectivity index (χ3n) is 4.09. The van der Waals surface area contributed by atoms with Crippen molar-refractivity contribution in [3.05, 3.63) is 29.8 Å². The average Bonchev–Trinajstić information content (AvgIpc) is 3.01. The number of rotatable bonds is 9. The van der Waals surface area contributed by atoms with Gasteiger partial charge >= 0.3 is 0 Å². The van der Waals surface area contributed by atoms with E-state index in [-0.39, 0.29) is 0 Å². The van der Waals surface area contributed by atoms with Crippen molar-refractivity contribution in [1.82, 2.24) is 5.32 Å². The summed E-state index contributed by atoms with van der Waals surface area (Å²) in [5.41, 5.74) is 1.29. The predicted octanol–water partition coefficient (Wildman–Crippen LogP) is 4.09. The van der Waals surface area contributed by atoms with Crippen molar-refractivity contribution < 1.29 is 9.47 Å². The van der Waals surface area contributed by atoms with Crippen LogP contribution in [0.15, 0.2) is 24.3 Å². The molecule has 2 rings (SSSR count). The fourth-order valence-electron chi connectivity index (χ4n) is 3.09. The molecule has 3 heteroatoms. The fourth-order valence-corrected chi connectivity index (χ4v) is 3.09. The lowest BCUT2D eigenvalue weighted by Gasteiger charge is -2.22. The molecular formula is C18H29NO2. The number of ether oxygens (including phenoxy) is 2. The largest absolute Gasteiger partial charge is 0.494 e. The summed E-state index contributed by atoms with van der Waals surface area (Å²) in [4.78, 5) is 0. The second-order valence-electron chi connectivity index (χ2n) is 5.65. The van der Waals surface area contributed by atoms with Crippen LogP contribution < -0.4 is 10.1 Å². The van der Waals surface area contributed by atoms with Crippen molar-refractivity contribution in [3.63, 3.8) is 0 Å². The minimum Gasteiger partial charge on any atom is -0.494 e. The first-order valence-corrected chi connectivity index (χ1v) is 8.41. The van der Waals surface area contributed by atoms with Gasteiger partial charge in [0.05, 0.1) is 12.7 Å². The van der Waals surface area contributed by atoms with Crippen LogP contribution in [0.1, 0.15) is 57.6 Å². The SMILES string of the molecule is CCNC(CCCC1CCCO1)c1ccccc1OCC. The summed E-state index contributed by atoms with van der Waals surface area (Å²) in [5.74, 6) is 1.02. The fraction of sp³-hybridized carbons (Fsp3) is 0.667. The van der Waals surface area contributed by atoms with Crippen molar-refractivity contribution in [2.45, 2.75) is 58.1 Å². The number of para-hydroxylation sites is 1. The van der Waals surface area contributed by atoms with Crippen LogP contribution in [-0.2, 0) is 4.74 Å². The van der Waals surface area contributed by atoms with Gasteiger partial charge in [0.1, 0.15) is 5.75 Å². The van der Waals surface area contributed by atoms with Gasteiger partial charge in [0.25, 0.3) is 0 Å². The second kappa shape index (κ2) is 9.06. The smallest absolute Gasteiger partial charge is 0.124 e. The summed E-state index contributed by atoms with van der Waals surface area (Å²) in [6, 6.07) is 8.78. The average molecular weight is 291 g/mol. The lowest BCUT2D eigenvalue weighted by Crippen LogP contribution is -2.22. The second-order valence-corrected chi connectivity index (χ2v) is 5.65. The van der Waals surface area contributed by atoms with Crippen LogP contribution >= 0.6 is 0 Å². The maximum Gasteiger partial charge on any atom is 0.124 e. The molecule has 0 bridgehead atoms. The van der Waals surface area contributed by atoms with Crippen LogP contribution in [0.25, 0.3) is 0 Å². The van der Waals surface area contributed by atoms with Crippen LogP contribution in [0.5, 0.6) is 5.75 Å². The Bertz CT molecular complexity index is 402. The molecule has 1 saturated heterocycles. The molecular weight excluding hydrogens is 262 g/mol. The Morgan fingerprint density at radius 2 is 2.19 bits per heavy atom. The zero-order valence-corrected chi connectivity index (χ0v) is 13.4. The number of hydrogen-bond acceptors (Lipinski definition) is 3. The molecule has 1 aromatic carbocycles. The molecule has 1 N–H and O–H groups in total. The van der Waals surface area contributed by atoms with E-state index in [1.165, 1.54) is 31.2 Å². The van der Waals surface area contributed by atoms with Crippen LogP contribution in [0.3, 0.4) is 0 Å². The monoisotopic (exact) mass is 291 g/mol. The van der Waals surface area contributed by atoms with E-state index in [0.29, 0.717) is 18.8 Å². The minimum absolute atomic E-state index is 0.374. The van der Waals surface area contributed by atoms with E-state index in [2.05, 4.69) is 30.4 Å². The van der Waals surface area contributed by atoms with Gasteiger partial charge in [-0.05, 0) is 51.6 Å². The normalized spacial score (nSPS) is 19.6. The lowest BCUT2D eigenvalue weighted by molar-refractivity contribution is 0.101. The van der Waals surface area contributed by atoms with Crippen molar-refractivity contribution in [1.29, 1.82) is 0 Å². The van der Waals surface area contributed by atoms with E-state index >= 15 is 0 Å². The molecule has 0 amide bonds. The van der Waals surface area contributed by atoms with Crippen LogP contribution in [0.2, 0.25) is 0 Å². The Morgan fingerprint density at radius 1 is 1.33 bits per heavy atom. The van der Waals surface area contributed by atoms with Crippen LogP contribution in [-0.4, -0.2) is 25.9 Å². The highest BCUT2D eigenvalue weighted by molar-refractivity contribution is 5.36. The highest BCUT2D eigenvalue weighted by atomic mass is 16.5. The lowest BCUT2D eigenvalue weighted by atomic mass is 9.98. The molecule has 1 aliphatic heterocycles. The van der Waals surface area contributed by atoms with Crippen molar-refractivity contribution >= 4 is 0 Å². The summed E-state index contributed by atoms with van der Waals surface area (Å²) < 4.78 is 11.5. The van der Waals surface area contributed by atoms with Gasteiger partial charge in [-0.1, -0.05) is 25.1 Å². The molecule has 0 radical (unpaired) electrons. The van der Waals surface area contributed by atoms with E-state index in [4.69, 9.17) is 9.47 Å². The molecule has 1 fully saturated rings. The van der Waals surface area contributed by atoms with Crippen LogP contribution in [0, 0.1) is 0 Å². The van der Waals surface area contributed by atoms with Gasteiger partial charge in [-0.2, -0.15) is 0 Å². The summed E-state index contributed by atoms with van der Waals surface area (Å²) >= 11 is 0. The topological polar surface area (TPSA) is 30.5 Å². The summed E-state index contributed by atoms with van der Waals surface area (Å²) in [6.07, 6.45) is 6.48. The van der Waals surface area contributed by atoms with Crippen LogP contribution in [0.4, 0.5) is 0 Å². The molecule has 118 valence electrons. The third-order valence-corrected chi connectivity index (χ3v) is 4.09. The molecule has 0 aromatic heterocycles. The molecule has 1 heterocycles. The van der Waals surface area contributed by atoms with E-state index in [1.54, 1.807) is 0 Å². The van der Waals surface area contributed by atoms with E-state index in [1.807, 2.05) is 13.0 Å². The summed E-state index contributed by atoms with van der Waals surface area (Å²) in [5, 5.41) is 3.60. The molecule has 1 aliphatic rings. The molecule has 0 saturated carbocycles. The third kappa shape index (κ3) is 5.01. The highest BCUT2D eigenvalue weighted by Gasteiger charge is 2.18. The van der Waals surface area contributed by atoms with E-state index in [0.717, 1.165) is 25.3 Å². The molecule has 3 nitrogen and oxygen atoms in total. The molecule has 1 aromatic rings. The first-order chi connectivity index (χ1) is 10.3. The highest BCUT2D eigenvalue weighted by Crippen LogP contribution is 2.29. The molecule has 2 unspecified atom stereocenters. The van der Waals surface area contributed by atoms with Crippen molar-refractivity contribution in [3.8, 4) is 5.75 Å². The number of benzene rings is 1. The molecule has 2 atom stereocenters. The van der Waals surface area contributed by atoms with Gasteiger partial charge in [0, 0.05) is 18.2 Å². The van der Waals surface area contributed by atoms with Gasteiger partial charge in [-0.3, -0.25) is 0 Å². The molecule has 0 aliphatic carbocycles. The first kappa shape index (κ1) is 16.3. The number of nitrogens with one attached hydrogen (secondary N) is 1. The zero-order chi connectivity index (χ0) is 14.9. The Balaban J connectivity index is 1.93. The quantitative estimate of drug-likeness (QED) is 0.743. The van der Waals surface area contributed by atoms with Gasteiger partial charge in [0.2, 0.25) is 0 Å². The maximum atomic E-state index is 5.78. The first-order valence-electron chi connectivity index (χ1n) is 8.41. The summed E-state index contributed by atoms with van der Waals surface area (Å²) in [7, 11) is 0. The summed E-state index contributed by atoms with van der Waals surface area (Å²) in [6.45, 7) is 6.85. The molecule has 0 spiro atoms.